The molecule has 1 heterocycles. The van der Waals surface area contributed by atoms with Gasteiger partial charge in [-0.3, -0.25) is 4.90 Å². The molecule has 1 aliphatic heterocycles. The molecule has 1 aromatic carbocycles. The van der Waals surface area contributed by atoms with E-state index in [4.69, 9.17) is 0 Å². The highest BCUT2D eigenvalue weighted by Crippen LogP contribution is 2.22. The van der Waals surface area contributed by atoms with E-state index >= 15 is 0 Å². The fourth-order valence-electron chi connectivity index (χ4n) is 2.94. The van der Waals surface area contributed by atoms with Crippen molar-refractivity contribution >= 4 is 10.0 Å². The molecule has 0 saturated carbocycles. The van der Waals surface area contributed by atoms with E-state index in [0.717, 1.165) is 19.5 Å². The molecule has 2 rings (SSSR count). The highest BCUT2D eigenvalue weighted by atomic mass is 32.2. The molecule has 1 N–H and O–H groups in total. The lowest BCUT2D eigenvalue weighted by Gasteiger charge is -2.19. The van der Waals surface area contributed by atoms with Crippen LogP contribution in [0.4, 0.5) is 0 Å². The topological polar surface area (TPSA) is 49.4 Å². The third-order valence-corrected chi connectivity index (χ3v) is 6.31. The lowest BCUT2D eigenvalue weighted by Crippen LogP contribution is -2.36. The van der Waals surface area contributed by atoms with Gasteiger partial charge >= 0.3 is 0 Å². The summed E-state index contributed by atoms with van der Waals surface area (Å²) in [6.45, 7) is 11.0. The molecule has 0 bridgehead atoms. The van der Waals surface area contributed by atoms with Gasteiger partial charge in [0, 0.05) is 19.6 Å². The number of sulfonamides is 1. The standard InChI is InChI=1S/C16H26N2O2S/c1-5-17-21(19,20)16-6-7-18(11-16)10-15-9-13(3)12(2)8-14(15)4/h8-9,16-17H,5-7,10-11H2,1-4H3. The van der Waals surface area contributed by atoms with E-state index in [0.29, 0.717) is 13.1 Å². The number of hydrogen-bond donors (Lipinski definition) is 1. The summed E-state index contributed by atoms with van der Waals surface area (Å²) < 4.78 is 26.7. The van der Waals surface area contributed by atoms with E-state index < -0.39 is 10.0 Å². The molecule has 118 valence electrons. The van der Waals surface area contributed by atoms with Crippen LogP contribution in [-0.4, -0.2) is 38.2 Å². The number of nitrogens with one attached hydrogen (secondary N) is 1. The van der Waals surface area contributed by atoms with Crippen LogP contribution in [0.5, 0.6) is 0 Å². The molecule has 1 fully saturated rings. The molecule has 1 aromatic rings. The third kappa shape index (κ3) is 3.84. The minimum atomic E-state index is -3.15. The molecule has 0 amide bonds. The third-order valence-electron chi connectivity index (χ3n) is 4.36. The van der Waals surface area contributed by atoms with E-state index in [1.165, 1.54) is 22.3 Å². The predicted octanol–water partition coefficient (Wildman–Crippen LogP) is 2.13. The maximum Gasteiger partial charge on any atom is 0.215 e. The quantitative estimate of drug-likeness (QED) is 0.906. The number of nitrogens with zero attached hydrogens (tertiary/aromatic N) is 1. The van der Waals surface area contributed by atoms with Crippen LogP contribution in [0, 0.1) is 20.8 Å². The first-order valence-electron chi connectivity index (χ1n) is 7.61. The monoisotopic (exact) mass is 310 g/mol. The Bertz CT molecular complexity index is 611. The van der Waals surface area contributed by atoms with Crippen LogP contribution < -0.4 is 4.72 Å². The summed E-state index contributed by atoms with van der Waals surface area (Å²) in [5.41, 5.74) is 5.20. The Labute approximate surface area is 128 Å². The number of rotatable bonds is 5. The van der Waals surface area contributed by atoms with Crippen molar-refractivity contribution < 1.29 is 8.42 Å². The van der Waals surface area contributed by atoms with Gasteiger partial charge in [0.2, 0.25) is 10.0 Å². The minimum absolute atomic E-state index is 0.274. The van der Waals surface area contributed by atoms with Crippen molar-refractivity contribution in [2.75, 3.05) is 19.6 Å². The second-order valence-corrected chi connectivity index (χ2v) is 8.10. The van der Waals surface area contributed by atoms with Crippen molar-refractivity contribution in [1.82, 2.24) is 9.62 Å². The van der Waals surface area contributed by atoms with Crippen molar-refractivity contribution in [2.24, 2.45) is 0 Å². The van der Waals surface area contributed by atoms with Gasteiger partial charge in [-0.25, -0.2) is 13.1 Å². The fourth-order valence-corrected chi connectivity index (χ4v) is 4.41. The van der Waals surface area contributed by atoms with Crippen LogP contribution in [0.1, 0.15) is 35.6 Å². The van der Waals surface area contributed by atoms with E-state index in [1.807, 2.05) is 6.92 Å². The van der Waals surface area contributed by atoms with Gasteiger partial charge in [0.15, 0.2) is 0 Å². The number of likely N-dealkylation sites (tertiary alicyclic amines) is 1. The maximum absolute atomic E-state index is 12.1. The van der Waals surface area contributed by atoms with Crippen molar-refractivity contribution in [3.05, 3.63) is 34.4 Å². The Morgan fingerprint density at radius 1 is 1.19 bits per heavy atom. The maximum atomic E-state index is 12.1. The van der Waals surface area contributed by atoms with E-state index in [-0.39, 0.29) is 5.25 Å². The molecular formula is C16H26N2O2S. The predicted molar refractivity (Wildman–Crippen MR) is 86.9 cm³/mol. The summed E-state index contributed by atoms with van der Waals surface area (Å²) in [4.78, 5) is 2.25. The van der Waals surface area contributed by atoms with E-state index in [2.05, 4.69) is 42.5 Å². The lowest BCUT2D eigenvalue weighted by molar-refractivity contribution is 0.330. The van der Waals surface area contributed by atoms with Gasteiger partial charge in [0.1, 0.15) is 0 Å². The van der Waals surface area contributed by atoms with Crippen molar-refractivity contribution in [2.45, 2.75) is 45.9 Å². The molecule has 4 nitrogen and oxygen atoms in total. The smallest absolute Gasteiger partial charge is 0.215 e. The molecule has 0 spiro atoms. The van der Waals surface area contributed by atoms with Crippen LogP contribution >= 0.6 is 0 Å². The Balaban J connectivity index is 2.05. The summed E-state index contributed by atoms with van der Waals surface area (Å²) in [5.74, 6) is 0. The molecule has 1 saturated heterocycles. The average molecular weight is 310 g/mol. The van der Waals surface area contributed by atoms with E-state index in [1.54, 1.807) is 0 Å². The van der Waals surface area contributed by atoms with Gasteiger partial charge in [-0.15, -0.1) is 0 Å². The molecule has 1 aliphatic rings. The molecule has 0 radical (unpaired) electrons. The van der Waals surface area contributed by atoms with Crippen molar-refractivity contribution in [3.63, 3.8) is 0 Å². The molecule has 21 heavy (non-hydrogen) atoms. The summed E-state index contributed by atoms with van der Waals surface area (Å²) in [6.07, 6.45) is 0.721. The fraction of sp³-hybridized carbons (Fsp3) is 0.625. The first kappa shape index (κ1) is 16.5. The molecular weight excluding hydrogens is 284 g/mol. The van der Waals surface area contributed by atoms with Gasteiger partial charge in [0.25, 0.3) is 0 Å². The van der Waals surface area contributed by atoms with Crippen molar-refractivity contribution in [3.8, 4) is 0 Å². The number of hydrogen-bond acceptors (Lipinski definition) is 3. The zero-order valence-corrected chi connectivity index (χ0v) is 14.3. The SMILES string of the molecule is CCNS(=O)(=O)C1CCN(Cc2cc(C)c(C)cc2C)C1. The Morgan fingerprint density at radius 3 is 2.52 bits per heavy atom. The average Bonchev–Trinajstić information content (AvgIpc) is 2.85. The minimum Gasteiger partial charge on any atom is -0.298 e. The van der Waals surface area contributed by atoms with Crippen molar-refractivity contribution in [1.29, 1.82) is 0 Å². The first-order chi connectivity index (χ1) is 9.83. The second kappa shape index (κ2) is 6.46. The zero-order valence-electron chi connectivity index (χ0n) is 13.4. The summed E-state index contributed by atoms with van der Waals surface area (Å²) >= 11 is 0. The van der Waals surface area contributed by atoms with Gasteiger partial charge in [0.05, 0.1) is 5.25 Å². The molecule has 1 atom stereocenters. The summed E-state index contributed by atoms with van der Waals surface area (Å²) in [6, 6.07) is 4.45. The summed E-state index contributed by atoms with van der Waals surface area (Å²) in [7, 11) is -3.15. The highest BCUT2D eigenvalue weighted by Gasteiger charge is 2.32. The first-order valence-corrected chi connectivity index (χ1v) is 9.15. The molecule has 0 aliphatic carbocycles. The van der Waals surface area contributed by atoms with Crippen LogP contribution in [0.25, 0.3) is 0 Å². The number of aryl methyl sites for hydroxylation is 3. The largest absolute Gasteiger partial charge is 0.298 e. The van der Waals surface area contributed by atoms with Gasteiger partial charge in [-0.05, 0) is 56.0 Å². The second-order valence-electron chi connectivity index (χ2n) is 6.05. The van der Waals surface area contributed by atoms with Crippen LogP contribution in [-0.2, 0) is 16.6 Å². The number of benzene rings is 1. The van der Waals surface area contributed by atoms with Crippen LogP contribution in [0.2, 0.25) is 0 Å². The molecule has 5 heteroatoms. The molecule has 1 unspecified atom stereocenters. The van der Waals surface area contributed by atoms with Gasteiger partial charge in [-0.1, -0.05) is 19.1 Å². The van der Waals surface area contributed by atoms with Crippen LogP contribution in [0.3, 0.4) is 0 Å². The Hall–Kier alpha value is -0.910. The Morgan fingerprint density at radius 2 is 1.86 bits per heavy atom. The van der Waals surface area contributed by atoms with E-state index in [9.17, 15) is 8.42 Å². The molecule has 0 aromatic heterocycles. The Kier molecular flexibility index (Phi) is 5.07. The normalized spacial score (nSPS) is 20.1. The lowest BCUT2D eigenvalue weighted by atomic mass is 10.0. The summed E-state index contributed by atoms with van der Waals surface area (Å²) in [5, 5.41) is -0.274. The van der Waals surface area contributed by atoms with Gasteiger partial charge < -0.3 is 0 Å². The van der Waals surface area contributed by atoms with Crippen LogP contribution in [0.15, 0.2) is 12.1 Å². The van der Waals surface area contributed by atoms with Gasteiger partial charge in [-0.2, -0.15) is 0 Å². The highest BCUT2D eigenvalue weighted by molar-refractivity contribution is 7.90. The zero-order chi connectivity index (χ0) is 15.6.